The van der Waals surface area contributed by atoms with Crippen LogP contribution in [0.3, 0.4) is 0 Å². The highest BCUT2D eigenvalue weighted by Gasteiger charge is 2.27. The first-order valence-electron chi connectivity index (χ1n) is 3.20. The molecule has 10 heavy (non-hydrogen) atoms. The van der Waals surface area contributed by atoms with Gasteiger partial charge in [-0.1, -0.05) is 0 Å². The zero-order valence-electron chi connectivity index (χ0n) is 5.49. The lowest BCUT2D eigenvalue weighted by Gasteiger charge is -2.14. The lowest BCUT2D eigenvalue weighted by molar-refractivity contribution is -0.111. The second-order valence-electron chi connectivity index (χ2n) is 2.32. The Morgan fingerprint density at radius 3 is 2.80 bits per heavy atom. The molecule has 1 saturated heterocycles. The molecule has 0 radical (unpaired) electrons. The number of carboxylic acid groups (broad SMARTS) is 1. The molecule has 1 rings (SSSR count). The first-order valence-corrected chi connectivity index (χ1v) is 3.20. The van der Waals surface area contributed by atoms with Crippen LogP contribution in [-0.4, -0.2) is 35.0 Å². The van der Waals surface area contributed by atoms with Crippen LogP contribution in [0, 0.1) is 0 Å². The van der Waals surface area contributed by atoms with Crippen LogP contribution in [0.2, 0.25) is 0 Å². The fourth-order valence-electron chi connectivity index (χ4n) is 1.17. The molecule has 0 aromatic heterocycles. The highest BCUT2D eigenvalue weighted by Crippen LogP contribution is 2.14. The van der Waals surface area contributed by atoms with Gasteiger partial charge >= 0.3 is 6.09 Å². The second-order valence-corrected chi connectivity index (χ2v) is 2.32. The molecule has 1 fully saturated rings. The van der Waals surface area contributed by atoms with Crippen LogP contribution in [0.15, 0.2) is 0 Å². The van der Waals surface area contributed by atoms with Crippen molar-refractivity contribution in [3.8, 4) is 0 Å². The van der Waals surface area contributed by atoms with Gasteiger partial charge in [0.2, 0.25) is 0 Å². The van der Waals surface area contributed by atoms with Crippen LogP contribution in [0.4, 0.5) is 4.79 Å². The number of rotatable bonds is 1. The topological polar surface area (TPSA) is 57.6 Å². The molecule has 4 heteroatoms. The van der Waals surface area contributed by atoms with Gasteiger partial charge < -0.3 is 9.90 Å². The largest absolute Gasteiger partial charge is 0.465 e. The summed E-state index contributed by atoms with van der Waals surface area (Å²) in [6.45, 7) is 0.499. The monoisotopic (exact) mass is 143 g/mol. The molecule has 56 valence electrons. The van der Waals surface area contributed by atoms with Gasteiger partial charge in [0.05, 0.1) is 6.04 Å². The molecule has 1 atom stereocenters. The van der Waals surface area contributed by atoms with Crippen molar-refractivity contribution in [3.63, 3.8) is 0 Å². The van der Waals surface area contributed by atoms with E-state index in [-0.39, 0.29) is 0 Å². The van der Waals surface area contributed by atoms with Crippen molar-refractivity contribution in [1.82, 2.24) is 4.90 Å². The SMILES string of the molecule is O=CC1CCCN1C(=O)O. The highest BCUT2D eigenvalue weighted by molar-refractivity contribution is 5.72. The Hall–Kier alpha value is -1.06. The van der Waals surface area contributed by atoms with Gasteiger partial charge in [-0.05, 0) is 12.8 Å². The summed E-state index contributed by atoms with van der Waals surface area (Å²) in [7, 11) is 0. The number of carbonyl (C=O) groups excluding carboxylic acids is 1. The molecule has 0 aliphatic carbocycles. The van der Waals surface area contributed by atoms with Gasteiger partial charge in [0.25, 0.3) is 0 Å². The molecular weight excluding hydrogens is 134 g/mol. The van der Waals surface area contributed by atoms with Gasteiger partial charge in [0, 0.05) is 6.54 Å². The van der Waals surface area contributed by atoms with Gasteiger partial charge in [-0.15, -0.1) is 0 Å². The van der Waals surface area contributed by atoms with E-state index in [1.165, 1.54) is 4.90 Å². The van der Waals surface area contributed by atoms with E-state index in [0.29, 0.717) is 19.3 Å². The quantitative estimate of drug-likeness (QED) is 0.538. The van der Waals surface area contributed by atoms with Gasteiger partial charge in [-0.25, -0.2) is 4.79 Å². The molecular formula is C6H9NO3. The number of carbonyl (C=O) groups is 2. The van der Waals surface area contributed by atoms with Crippen molar-refractivity contribution in [2.24, 2.45) is 0 Å². The van der Waals surface area contributed by atoms with E-state index >= 15 is 0 Å². The Balaban J connectivity index is 2.58. The summed E-state index contributed by atoms with van der Waals surface area (Å²) < 4.78 is 0. The Labute approximate surface area is 58.4 Å². The van der Waals surface area contributed by atoms with Crippen LogP contribution in [0.1, 0.15) is 12.8 Å². The van der Waals surface area contributed by atoms with Crippen molar-refractivity contribution in [2.45, 2.75) is 18.9 Å². The number of likely N-dealkylation sites (tertiary alicyclic amines) is 1. The van der Waals surface area contributed by atoms with E-state index in [0.717, 1.165) is 6.42 Å². The van der Waals surface area contributed by atoms with Crippen molar-refractivity contribution in [1.29, 1.82) is 0 Å². The summed E-state index contributed by atoms with van der Waals surface area (Å²) in [6.07, 6.45) is 1.18. The Bertz CT molecular complexity index is 157. The molecule has 0 bridgehead atoms. The molecule has 1 heterocycles. The number of amides is 1. The number of hydrogen-bond donors (Lipinski definition) is 1. The van der Waals surface area contributed by atoms with E-state index in [9.17, 15) is 9.59 Å². The average Bonchev–Trinajstić information content (AvgIpc) is 2.33. The summed E-state index contributed by atoms with van der Waals surface area (Å²) in [6, 6.07) is -0.391. The summed E-state index contributed by atoms with van der Waals surface area (Å²) >= 11 is 0. The molecule has 1 unspecified atom stereocenters. The first-order chi connectivity index (χ1) is 4.75. The molecule has 0 aromatic carbocycles. The van der Waals surface area contributed by atoms with Crippen LogP contribution in [0.5, 0.6) is 0 Å². The molecule has 0 aromatic rings. The van der Waals surface area contributed by atoms with Gasteiger partial charge in [0.15, 0.2) is 0 Å². The number of aldehydes is 1. The molecule has 0 spiro atoms. The predicted octanol–water partition coefficient (Wildman–Crippen LogP) is 0.328. The predicted molar refractivity (Wildman–Crippen MR) is 33.8 cm³/mol. The van der Waals surface area contributed by atoms with Crippen LogP contribution >= 0.6 is 0 Å². The summed E-state index contributed by atoms with van der Waals surface area (Å²) in [4.78, 5) is 21.7. The first kappa shape index (κ1) is 7.05. The van der Waals surface area contributed by atoms with Crippen molar-refractivity contribution >= 4 is 12.4 Å². The maximum atomic E-state index is 10.3. The molecule has 0 saturated carbocycles. The van der Waals surface area contributed by atoms with Crippen molar-refractivity contribution in [3.05, 3.63) is 0 Å². The summed E-state index contributed by atoms with van der Waals surface area (Å²) in [5, 5.41) is 8.48. The molecule has 1 aliphatic rings. The minimum absolute atomic E-state index is 0.391. The van der Waals surface area contributed by atoms with Gasteiger partial charge in [0.1, 0.15) is 6.29 Å². The maximum absolute atomic E-state index is 10.3. The molecule has 1 N–H and O–H groups in total. The highest BCUT2D eigenvalue weighted by atomic mass is 16.4. The van der Waals surface area contributed by atoms with Gasteiger partial charge in [-0.3, -0.25) is 4.90 Å². The van der Waals surface area contributed by atoms with E-state index in [2.05, 4.69) is 0 Å². The van der Waals surface area contributed by atoms with Crippen molar-refractivity contribution in [2.75, 3.05) is 6.54 Å². The second kappa shape index (κ2) is 2.68. The average molecular weight is 143 g/mol. The molecule has 1 aliphatic heterocycles. The molecule has 4 nitrogen and oxygen atoms in total. The fourth-order valence-corrected chi connectivity index (χ4v) is 1.17. The third-order valence-corrected chi connectivity index (χ3v) is 1.70. The fraction of sp³-hybridized carbons (Fsp3) is 0.667. The minimum Gasteiger partial charge on any atom is -0.465 e. The lowest BCUT2D eigenvalue weighted by Crippen LogP contribution is -2.34. The lowest BCUT2D eigenvalue weighted by atomic mass is 10.2. The number of hydrogen-bond acceptors (Lipinski definition) is 2. The van der Waals surface area contributed by atoms with E-state index < -0.39 is 12.1 Å². The van der Waals surface area contributed by atoms with Gasteiger partial charge in [-0.2, -0.15) is 0 Å². The minimum atomic E-state index is -0.991. The Morgan fingerprint density at radius 1 is 1.70 bits per heavy atom. The van der Waals surface area contributed by atoms with Crippen molar-refractivity contribution < 1.29 is 14.7 Å². The number of nitrogens with zero attached hydrogens (tertiary/aromatic N) is 1. The van der Waals surface area contributed by atoms with E-state index in [4.69, 9.17) is 5.11 Å². The zero-order chi connectivity index (χ0) is 7.56. The maximum Gasteiger partial charge on any atom is 0.407 e. The normalized spacial score (nSPS) is 24.8. The molecule has 1 amide bonds. The Morgan fingerprint density at radius 2 is 2.40 bits per heavy atom. The van der Waals surface area contributed by atoms with E-state index in [1.54, 1.807) is 0 Å². The third-order valence-electron chi connectivity index (χ3n) is 1.70. The summed E-state index contributed by atoms with van der Waals surface area (Å²) in [5.41, 5.74) is 0. The summed E-state index contributed by atoms with van der Waals surface area (Å²) in [5.74, 6) is 0. The van der Waals surface area contributed by atoms with E-state index in [1.807, 2.05) is 0 Å². The zero-order valence-corrected chi connectivity index (χ0v) is 5.49. The Kier molecular flexibility index (Phi) is 1.89. The van der Waals surface area contributed by atoms with Crippen LogP contribution in [0.25, 0.3) is 0 Å². The smallest absolute Gasteiger partial charge is 0.407 e. The third kappa shape index (κ3) is 1.10. The van der Waals surface area contributed by atoms with Crippen LogP contribution in [-0.2, 0) is 4.79 Å². The van der Waals surface area contributed by atoms with Crippen LogP contribution < -0.4 is 0 Å². The standard InChI is InChI=1S/C6H9NO3/c8-4-5-2-1-3-7(5)6(9)10/h4-5H,1-3H2,(H,9,10).